The minimum absolute atomic E-state index is 0.0608. The van der Waals surface area contributed by atoms with Crippen molar-refractivity contribution in [1.82, 2.24) is 29.9 Å². The molecule has 3 heterocycles. The number of aromatic nitrogens is 5. The molecule has 3 N–H and O–H groups in total. The van der Waals surface area contributed by atoms with Crippen LogP contribution in [-0.2, 0) is 36.7 Å². The molecule has 17 heteroatoms. The van der Waals surface area contributed by atoms with Gasteiger partial charge in [0.05, 0.1) is 33.2 Å². The van der Waals surface area contributed by atoms with Crippen LogP contribution in [0.3, 0.4) is 0 Å². The standard InChI is InChI=1S/C32H26ClF8N7O/c1-14-3-4-18(19-5-6-20(33)23-27(19)47(2)46-30(23)42)25(43-14)21(11-15-9-16(34)12-17(35)10-15)44-22(49)13-48-28-24(26(45-48)29(36)37)31(38,39)7-8-32(28,40)41/h3-6,9-10,12,21,29H,7-8,11,13H2,1-2H3,(H2,42,46)(H,44,49)/t21-/m0/s1. The number of anilines is 1. The van der Waals surface area contributed by atoms with Crippen molar-refractivity contribution in [3.8, 4) is 11.1 Å². The average molecular weight is 712 g/mol. The molecule has 0 fully saturated rings. The van der Waals surface area contributed by atoms with E-state index in [9.17, 15) is 31.1 Å². The predicted molar refractivity (Wildman–Crippen MR) is 163 cm³/mol. The Bertz CT molecular complexity index is 2090. The lowest BCUT2D eigenvalue weighted by Gasteiger charge is -2.29. The van der Waals surface area contributed by atoms with Gasteiger partial charge in [-0.2, -0.15) is 19.0 Å². The van der Waals surface area contributed by atoms with E-state index in [0.717, 1.165) is 12.1 Å². The summed E-state index contributed by atoms with van der Waals surface area (Å²) >= 11 is 6.42. The summed E-state index contributed by atoms with van der Waals surface area (Å²) in [5.41, 5.74) is 3.47. The number of amides is 1. The second-order valence-corrected chi connectivity index (χ2v) is 12.2. The van der Waals surface area contributed by atoms with Gasteiger partial charge in [0, 0.05) is 42.8 Å². The smallest absolute Gasteiger partial charge is 0.290 e. The van der Waals surface area contributed by atoms with Crippen LogP contribution in [0.4, 0.5) is 40.9 Å². The molecule has 5 aromatic rings. The topological polar surface area (TPSA) is 104 Å². The maximum atomic E-state index is 15.0. The normalized spacial score (nSPS) is 15.8. The SMILES string of the molecule is Cc1ccc(-c2ccc(Cl)c3c(N)nn(C)c23)c([C@H](Cc2cc(F)cc(F)c2)NC(=O)Cn2nc(C(F)F)c3c2C(F)(F)CCC3(F)F)n1. The van der Waals surface area contributed by atoms with E-state index in [-0.39, 0.29) is 28.2 Å². The lowest BCUT2D eigenvalue weighted by molar-refractivity contribution is -0.123. The molecule has 6 rings (SSSR count). The average Bonchev–Trinajstić information content (AvgIpc) is 3.54. The first kappa shape index (κ1) is 34.1. The number of carbonyl (C=O) groups excluding carboxylic acids is 1. The fourth-order valence-electron chi connectivity index (χ4n) is 6.29. The van der Waals surface area contributed by atoms with Gasteiger partial charge in [-0.3, -0.25) is 19.1 Å². The van der Waals surface area contributed by atoms with Crippen LogP contribution in [0.2, 0.25) is 5.02 Å². The van der Waals surface area contributed by atoms with E-state index in [2.05, 4.69) is 20.5 Å². The van der Waals surface area contributed by atoms with Gasteiger partial charge in [-0.05, 0) is 43.2 Å². The number of alkyl halides is 6. The molecule has 8 nitrogen and oxygen atoms in total. The van der Waals surface area contributed by atoms with E-state index in [4.69, 9.17) is 17.3 Å². The first-order valence-electron chi connectivity index (χ1n) is 14.7. The van der Waals surface area contributed by atoms with Crippen LogP contribution in [0.5, 0.6) is 0 Å². The van der Waals surface area contributed by atoms with Gasteiger partial charge in [-0.15, -0.1) is 0 Å². The van der Waals surface area contributed by atoms with Crippen LogP contribution >= 0.6 is 11.6 Å². The van der Waals surface area contributed by atoms with Crippen molar-refractivity contribution in [2.45, 2.75) is 57.0 Å². The molecule has 0 unspecified atom stereocenters. The summed E-state index contributed by atoms with van der Waals surface area (Å²) in [6.45, 7) is 0.469. The zero-order chi connectivity index (χ0) is 35.6. The number of rotatable bonds is 8. The van der Waals surface area contributed by atoms with E-state index in [0.29, 0.717) is 38.8 Å². The summed E-state index contributed by atoms with van der Waals surface area (Å²) in [4.78, 5) is 18.2. The first-order chi connectivity index (χ1) is 23.0. The predicted octanol–water partition coefficient (Wildman–Crippen LogP) is 7.67. The minimum Gasteiger partial charge on any atom is -0.382 e. The number of hydrogen-bond acceptors (Lipinski definition) is 5. The highest BCUT2D eigenvalue weighted by atomic mass is 35.5. The fraction of sp³-hybridized carbons (Fsp3) is 0.312. The molecule has 3 aromatic heterocycles. The summed E-state index contributed by atoms with van der Waals surface area (Å²) in [5.74, 6) is -10.9. The Morgan fingerprint density at radius 3 is 2.31 bits per heavy atom. The summed E-state index contributed by atoms with van der Waals surface area (Å²) in [6, 6.07) is 7.95. The zero-order valence-corrected chi connectivity index (χ0v) is 26.4. The summed E-state index contributed by atoms with van der Waals surface area (Å²) in [6.07, 6.45) is -6.69. The number of nitrogen functional groups attached to an aromatic ring is 1. The van der Waals surface area contributed by atoms with Gasteiger partial charge in [-0.1, -0.05) is 23.7 Å². The van der Waals surface area contributed by atoms with Gasteiger partial charge >= 0.3 is 0 Å². The van der Waals surface area contributed by atoms with E-state index in [1.54, 1.807) is 38.2 Å². The molecule has 49 heavy (non-hydrogen) atoms. The molecule has 1 aliphatic carbocycles. The Labute approximate surface area is 277 Å². The molecule has 1 aliphatic rings. The molecule has 2 aromatic carbocycles. The molecule has 0 spiro atoms. The molecule has 1 atom stereocenters. The van der Waals surface area contributed by atoms with Crippen molar-refractivity contribution in [1.29, 1.82) is 0 Å². The number of nitrogens with one attached hydrogen (secondary N) is 1. The van der Waals surface area contributed by atoms with Crippen LogP contribution in [0, 0.1) is 18.6 Å². The number of fused-ring (bicyclic) bond motifs is 2. The number of carbonyl (C=O) groups is 1. The Kier molecular flexibility index (Phi) is 8.57. The minimum atomic E-state index is -4.04. The lowest BCUT2D eigenvalue weighted by atomic mass is 9.89. The number of nitrogens with two attached hydrogens (primary N) is 1. The van der Waals surface area contributed by atoms with E-state index >= 15 is 8.78 Å². The summed E-state index contributed by atoms with van der Waals surface area (Å²) in [5, 5.41) is 10.9. The lowest BCUT2D eigenvalue weighted by Crippen LogP contribution is -2.37. The Balaban J connectivity index is 1.47. The highest BCUT2D eigenvalue weighted by Gasteiger charge is 2.55. The van der Waals surface area contributed by atoms with Gasteiger partial charge in [0.25, 0.3) is 18.3 Å². The highest BCUT2D eigenvalue weighted by Crippen LogP contribution is 2.52. The third-order valence-corrected chi connectivity index (χ3v) is 8.61. The fourth-order valence-corrected chi connectivity index (χ4v) is 6.54. The van der Waals surface area contributed by atoms with E-state index in [1.807, 2.05) is 0 Å². The number of benzene rings is 2. The molecule has 1 amide bonds. The van der Waals surface area contributed by atoms with Crippen molar-refractivity contribution in [2.24, 2.45) is 7.05 Å². The zero-order valence-electron chi connectivity index (χ0n) is 25.6. The molecule has 0 radical (unpaired) electrons. The van der Waals surface area contributed by atoms with Gasteiger partial charge in [-0.25, -0.2) is 26.3 Å². The molecule has 258 valence electrons. The quantitative estimate of drug-likeness (QED) is 0.161. The number of aryl methyl sites for hydroxylation is 2. The first-order valence-corrected chi connectivity index (χ1v) is 15.1. The van der Waals surface area contributed by atoms with Crippen LogP contribution < -0.4 is 11.1 Å². The van der Waals surface area contributed by atoms with Gasteiger partial charge < -0.3 is 11.1 Å². The monoisotopic (exact) mass is 711 g/mol. The van der Waals surface area contributed by atoms with Crippen LogP contribution in [0.25, 0.3) is 22.0 Å². The number of hydrogen-bond donors (Lipinski definition) is 2. The molecule has 0 aliphatic heterocycles. The summed E-state index contributed by atoms with van der Waals surface area (Å²) < 4.78 is 117. The van der Waals surface area contributed by atoms with Crippen LogP contribution in [0.1, 0.15) is 59.2 Å². The maximum absolute atomic E-state index is 15.0. The van der Waals surface area contributed by atoms with Crippen LogP contribution in [0.15, 0.2) is 42.5 Å². The number of pyridine rings is 1. The highest BCUT2D eigenvalue weighted by molar-refractivity contribution is 6.37. The molecule has 0 saturated heterocycles. The van der Waals surface area contributed by atoms with Gasteiger partial charge in [0.1, 0.15) is 29.6 Å². The molecule has 0 saturated carbocycles. The van der Waals surface area contributed by atoms with Crippen molar-refractivity contribution >= 4 is 34.2 Å². The van der Waals surface area contributed by atoms with Crippen LogP contribution in [-0.4, -0.2) is 30.5 Å². The van der Waals surface area contributed by atoms with Crippen molar-refractivity contribution < 1.29 is 39.9 Å². The van der Waals surface area contributed by atoms with Gasteiger partial charge in [0.15, 0.2) is 5.82 Å². The summed E-state index contributed by atoms with van der Waals surface area (Å²) in [7, 11) is 1.62. The number of halogens is 9. The number of nitrogens with zero attached hydrogens (tertiary/aromatic N) is 5. The second kappa shape index (κ2) is 12.3. The third-order valence-electron chi connectivity index (χ3n) is 8.29. The Hall–Kier alpha value is -4.73. The van der Waals surface area contributed by atoms with Crippen molar-refractivity contribution in [2.75, 3.05) is 5.73 Å². The molecular weight excluding hydrogens is 686 g/mol. The second-order valence-electron chi connectivity index (χ2n) is 11.8. The van der Waals surface area contributed by atoms with Crippen molar-refractivity contribution in [3.63, 3.8) is 0 Å². The molecular formula is C32H26ClF8N7O. The van der Waals surface area contributed by atoms with Gasteiger partial charge in [0.2, 0.25) is 5.91 Å². The van der Waals surface area contributed by atoms with E-state index in [1.165, 1.54) is 4.68 Å². The third kappa shape index (κ3) is 6.29. The Morgan fingerprint density at radius 1 is 0.980 bits per heavy atom. The molecule has 0 bridgehead atoms. The van der Waals surface area contributed by atoms with E-state index < -0.39 is 78.2 Å². The largest absolute Gasteiger partial charge is 0.382 e. The Morgan fingerprint density at radius 2 is 1.63 bits per heavy atom. The van der Waals surface area contributed by atoms with Crippen molar-refractivity contribution in [3.05, 3.63) is 93.0 Å². The maximum Gasteiger partial charge on any atom is 0.290 e.